The van der Waals surface area contributed by atoms with Gasteiger partial charge in [-0.15, -0.1) is 0 Å². The van der Waals surface area contributed by atoms with Crippen molar-refractivity contribution in [1.29, 1.82) is 0 Å². The Morgan fingerprint density at radius 1 is 1.35 bits per heavy atom. The second-order valence-corrected chi connectivity index (χ2v) is 6.15. The Morgan fingerprint density at radius 3 is 2.78 bits per heavy atom. The maximum atomic E-state index is 12.3. The van der Waals surface area contributed by atoms with Gasteiger partial charge in [0.2, 0.25) is 0 Å². The molecule has 1 aromatic carbocycles. The molecule has 2 amide bonds. The fourth-order valence-electron chi connectivity index (χ4n) is 3.04. The van der Waals surface area contributed by atoms with E-state index >= 15 is 0 Å². The predicted molar refractivity (Wildman–Crippen MR) is 89.0 cm³/mol. The number of urea groups is 1. The zero-order valence-corrected chi connectivity index (χ0v) is 14.1. The average molecular weight is 318 g/mol. The van der Waals surface area contributed by atoms with Gasteiger partial charge in [0.05, 0.1) is 13.2 Å². The summed E-state index contributed by atoms with van der Waals surface area (Å²) in [5.74, 6) is -0.384. The summed E-state index contributed by atoms with van der Waals surface area (Å²) in [6, 6.07) is 7.25. The Labute approximate surface area is 137 Å². The van der Waals surface area contributed by atoms with Crippen molar-refractivity contribution < 1.29 is 14.3 Å². The summed E-state index contributed by atoms with van der Waals surface area (Å²) in [7, 11) is 1.34. The number of carbonyl (C=O) groups is 2. The monoisotopic (exact) mass is 318 g/mol. The molecule has 0 saturated heterocycles. The molecule has 0 unspecified atom stereocenters. The van der Waals surface area contributed by atoms with E-state index in [2.05, 4.69) is 22.8 Å². The number of amides is 2. The number of esters is 1. The van der Waals surface area contributed by atoms with E-state index in [1.165, 1.54) is 18.2 Å². The van der Waals surface area contributed by atoms with Crippen LogP contribution in [0, 0.1) is 5.92 Å². The number of rotatable bonds is 5. The molecule has 0 aliphatic heterocycles. The molecule has 3 atom stereocenters. The zero-order chi connectivity index (χ0) is 16.8. The third-order valence-electron chi connectivity index (χ3n) is 4.63. The maximum Gasteiger partial charge on any atom is 0.328 e. The smallest absolute Gasteiger partial charge is 0.328 e. The molecule has 5 nitrogen and oxygen atoms in total. The molecule has 1 aliphatic rings. The summed E-state index contributed by atoms with van der Waals surface area (Å²) < 4.78 is 4.80. The number of methoxy groups -OCH3 is 1. The fourth-order valence-corrected chi connectivity index (χ4v) is 3.04. The van der Waals surface area contributed by atoms with Crippen LogP contribution in [-0.2, 0) is 16.0 Å². The zero-order valence-electron chi connectivity index (χ0n) is 14.1. The number of fused-ring (bicyclic) bond motifs is 1. The summed E-state index contributed by atoms with van der Waals surface area (Å²) in [4.78, 5) is 24.2. The highest BCUT2D eigenvalue weighted by molar-refractivity contribution is 5.84. The number of nitrogens with one attached hydrogen (secondary N) is 2. The van der Waals surface area contributed by atoms with Crippen molar-refractivity contribution in [2.45, 2.75) is 51.6 Å². The molecule has 0 saturated carbocycles. The minimum absolute atomic E-state index is 0.00446. The van der Waals surface area contributed by atoms with Gasteiger partial charge >= 0.3 is 12.0 Å². The minimum Gasteiger partial charge on any atom is -0.467 e. The van der Waals surface area contributed by atoms with Gasteiger partial charge in [0.1, 0.15) is 6.04 Å². The number of hydrogen-bond acceptors (Lipinski definition) is 3. The SMILES string of the molecule is CC[C@@H](C)[C@H](NC(=O)N[C@@H]1CCCc2ccccc21)C(=O)OC. The molecular weight excluding hydrogens is 292 g/mol. The number of aryl methyl sites for hydroxylation is 1. The van der Waals surface area contributed by atoms with Crippen molar-refractivity contribution in [3.8, 4) is 0 Å². The fraction of sp³-hybridized carbons (Fsp3) is 0.556. The van der Waals surface area contributed by atoms with Crippen LogP contribution in [-0.4, -0.2) is 25.2 Å². The lowest BCUT2D eigenvalue weighted by molar-refractivity contribution is -0.144. The number of benzene rings is 1. The quantitative estimate of drug-likeness (QED) is 0.820. The molecule has 0 bridgehead atoms. The van der Waals surface area contributed by atoms with Gasteiger partial charge in [-0.2, -0.15) is 0 Å². The lowest BCUT2D eigenvalue weighted by atomic mass is 9.88. The van der Waals surface area contributed by atoms with Crippen LogP contribution < -0.4 is 10.6 Å². The van der Waals surface area contributed by atoms with E-state index in [0.717, 1.165) is 25.7 Å². The van der Waals surface area contributed by atoms with E-state index in [1.54, 1.807) is 0 Å². The molecule has 2 N–H and O–H groups in total. The Balaban J connectivity index is 2.03. The van der Waals surface area contributed by atoms with Gasteiger partial charge in [-0.05, 0) is 36.3 Å². The molecule has 1 aliphatic carbocycles. The van der Waals surface area contributed by atoms with Crippen LogP contribution in [0.5, 0.6) is 0 Å². The minimum atomic E-state index is -0.621. The lowest BCUT2D eigenvalue weighted by Crippen LogP contribution is -2.50. The largest absolute Gasteiger partial charge is 0.467 e. The molecular formula is C18H26N2O3. The van der Waals surface area contributed by atoms with Crippen LogP contribution in [0.15, 0.2) is 24.3 Å². The molecule has 126 valence electrons. The average Bonchev–Trinajstić information content (AvgIpc) is 2.58. The van der Waals surface area contributed by atoms with Gasteiger partial charge in [0.25, 0.3) is 0 Å². The van der Waals surface area contributed by atoms with Gasteiger partial charge in [0, 0.05) is 0 Å². The van der Waals surface area contributed by atoms with Gasteiger partial charge in [0.15, 0.2) is 0 Å². The Kier molecular flexibility index (Phi) is 6.02. The highest BCUT2D eigenvalue weighted by Crippen LogP contribution is 2.29. The molecule has 0 aromatic heterocycles. The standard InChI is InChI=1S/C18H26N2O3/c1-4-12(2)16(17(21)23-3)20-18(22)19-15-11-7-9-13-8-5-6-10-14(13)15/h5-6,8,10,12,15-16H,4,7,9,11H2,1-3H3,(H2,19,20,22)/t12-,15-,16+/m1/s1. The second kappa shape index (κ2) is 7.99. The highest BCUT2D eigenvalue weighted by Gasteiger charge is 2.28. The molecule has 23 heavy (non-hydrogen) atoms. The van der Waals surface area contributed by atoms with E-state index in [0.29, 0.717) is 0 Å². The van der Waals surface area contributed by atoms with E-state index in [4.69, 9.17) is 4.74 Å². The number of ether oxygens (including phenoxy) is 1. The third kappa shape index (κ3) is 4.24. The summed E-state index contributed by atoms with van der Waals surface area (Å²) in [6.07, 6.45) is 3.80. The van der Waals surface area contributed by atoms with Gasteiger partial charge < -0.3 is 15.4 Å². The molecule has 0 spiro atoms. The van der Waals surface area contributed by atoms with E-state index in [1.807, 2.05) is 26.0 Å². The van der Waals surface area contributed by atoms with Crippen LogP contribution >= 0.6 is 0 Å². The second-order valence-electron chi connectivity index (χ2n) is 6.15. The number of hydrogen-bond donors (Lipinski definition) is 2. The van der Waals surface area contributed by atoms with Crippen LogP contribution in [0.3, 0.4) is 0 Å². The van der Waals surface area contributed by atoms with E-state index < -0.39 is 12.0 Å². The van der Waals surface area contributed by atoms with Crippen LogP contribution in [0.25, 0.3) is 0 Å². The Bertz CT molecular complexity index is 559. The number of carbonyl (C=O) groups excluding carboxylic acids is 2. The molecule has 0 heterocycles. The first-order chi connectivity index (χ1) is 11.1. The molecule has 1 aromatic rings. The van der Waals surface area contributed by atoms with Gasteiger partial charge in [-0.3, -0.25) is 0 Å². The van der Waals surface area contributed by atoms with Crippen molar-refractivity contribution in [1.82, 2.24) is 10.6 Å². The normalized spacial score (nSPS) is 19.2. The molecule has 2 rings (SSSR count). The summed E-state index contributed by atoms with van der Waals surface area (Å²) >= 11 is 0. The maximum absolute atomic E-state index is 12.3. The van der Waals surface area contributed by atoms with Crippen molar-refractivity contribution in [2.24, 2.45) is 5.92 Å². The van der Waals surface area contributed by atoms with E-state index in [9.17, 15) is 9.59 Å². The van der Waals surface area contributed by atoms with Crippen LogP contribution in [0.4, 0.5) is 4.79 Å². The highest BCUT2D eigenvalue weighted by atomic mass is 16.5. The van der Waals surface area contributed by atoms with Crippen molar-refractivity contribution in [3.63, 3.8) is 0 Å². The molecule has 0 radical (unpaired) electrons. The van der Waals surface area contributed by atoms with Crippen LogP contribution in [0.2, 0.25) is 0 Å². The van der Waals surface area contributed by atoms with Gasteiger partial charge in [-0.1, -0.05) is 44.5 Å². The first-order valence-electron chi connectivity index (χ1n) is 8.29. The van der Waals surface area contributed by atoms with Gasteiger partial charge in [-0.25, -0.2) is 9.59 Å². The van der Waals surface area contributed by atoms with Crippen LogP contribution in [0.1, 0.15) is 50.3 Å². The van der Waals surface area contributed by atoms with Crippen molar-refractivity contribution in [2.75, 3.05) is 7.11 Å². The summed E-state index contributed by atoms with van der Waals surface area (Å²) in [5, 5.41) is 5.78. The Morgan fingerprint density at radius 2 is 2.09 bits per heavy atom. The first kappa shape index (κ1) is 17.3. The summed E-state index contributed by atoms with van der Waals surface area (Å²) in [5.41, 5.74) is 2.46. The third-order valence-corrected chi connectivity index (χ3v) is 4.63. The van der Waals surface area contributed by atoms with Crippen molar-refractivity contribution in [3.05, 3.63) is 35.4 Å². The topological polar surface area (TPSA) is 67.4 Å². The van der Waals surface area contributed by atoms with Crippen molar-refractivity contribution >= 4 is 12.0 Å². The molecule has 0 fully saturated rings. The Hall–Kier alpha value is -2.04. The molecule has 5 heteroatoms. The first-order valence-corrected chi connectivity index (χ1v) is 8.29. The van der Waals surface area contributed by atoms with E-state index in [-0.39, 0.29) is 18.0 Å². The lowest BCUT2D eigenvalue weighted by Gasteiger charge is -2.28. The predicted octanol–water partition coefficient (Wildman–Crippen LogP) is 2.95. The summed E-state index contributed by atoms with van der Waals surface area (Å²) in [6.45, 7) is 3.91.